The zero-order valence-corrected chi connectivity index (χ0v) is 20.1. The third-order valence-electron chi connectivity index (χ3n) is 4.55. The van der Waals surface area contributed by atoms with Crippen LogP contribution in [0.4, 0.5) is 4.39 Å². The highest BCUT2D eigenvalue weighted by Gasteiger charge is 2.19. The fourth-order valence-corrected chi connectivity index (χ4v) is 4.44. The summed E-state index contributed by atoms with van der Waals surface area (Å²) in [6.07, 6.45) is 0. The van der Waals surface area contributed by atoms with E-state index in [1.807, 2.05) is 26.0 Å². The first-order chi connectivity index (χ1) is 15.1. The number of benzene rings is 3. The molecule has 5 nitrogen and oxygen atoms in total. The minimum atomic E-state index is -4.07. The van der Waals surface area contributed by atoms with Crippen LogP contribution in [-0.4, -0.2) is 25.8 Å². The van der Waals surface area contributed by atoms with E-state index < -0.39 is 15.9 Å². The van der Waals surface area contributed by atoms with Crippen molar-refractivity contribution in [1.82, 2.24) is 4.90 Å². The first kappa shape index (κ1) is 23.9. The number of amides is 1. The van der Waals surface area contributed by atoms with Gasteiger partial charge in [0.15, 0.2) is 0 Å². The molecular weight excluding hydrogens is 497 g/mol. The fraction of sp³-hybridized carbons (Fsp3) is 0.208. The molecule has 1 amide bonds. The van der Waals surface area contributed by atoms with Crippen LogP contribution in [0.25, 0.3) is 0 Å². The van der Waals surface area contributed by atoms with Crippen LogP contribution in [0.3, 0.4) is 0 Å². The second-order valence-electron chi connectivity index (χ2n) is 7.73. The Bertz CT molecular complexity index is 1180. The van der Waals surface area contributed by atoms with Crippen LogP contribution in [0.2, 0.25) is 0 Å². The number of carbonyl (C=O) groups excluding carboxylic acids is 1. The first-order valence-corrected chi connectivity index (χ1v) is 12.2. The van der Waals surface area contributed by atoms with Gasteiger partial charge in [0, 0.05) is 23.1 Å². The maximum Gasteiger partial charge on any atom is 0.339 e. The molecular formula is C24H23BrFNO4S. The summed E-state index contributed by atoms with van der Waals surface area (Å²) in [5.41, 5.74) is 1.42. The van der Waals surface area contributed by atoms with Gasteiger partial charge in [0.1, 0.15) is 16.5 Å². The number of nitrogens with zero attached hydrogens (tertiary/aromatic N) is 1. The van der Waals surface area contributed by atoms with Crippen molar-refractivity contribution in [3.63, 3.8) is 0 Å². The summed E-state index contributed by atoms with van der Waals surface area (Å²) in [6.45, 7) is 5.02. The molecule has 3 rings (SSSR count). The van der Waals surface area contributed by atoms with Gasteiger partial charge >= 0.3 is 10.1 Å². The molecule has 0 saturated carbocycles. The average Bonchev–Trinajstić information content (AvgIpc) is 2.74. The van der Waals surface area contributed by atoms with Crippen LogP contribution in [0.5, 0.6) is 5.75 Å². The Morgan fingerprint density at radius 1 is 1.03 bits per heavy atom. The van der Waals surface area contributed by atoms with Crippen LogP contribution in [0.15, 0.2) is 82.2 Å². The van der Waals surface area contributed by atoms with E-state index in [4.69, 9.17) is 4.18 Å². The molecule has 0 aliphatic carbocycles. The number of rotatable bonds is 8. The highest BCUT2D eigenvalue weighted by Crippen LogP contribution is 2.21. The quantitative estimate of drug-likeness (QED) is 0.360. The molecule has 0 bridgehead atoms. The standard InChI is InChI=1S/C24H23BrFNO4S/c1-17(2)15-27(24(28)19-4-3-5-20(25)14-19)16-18-6-10-22(11-7-18)31-32(29,30)23-12-8-21(26)9-13-23/h3-14,17H,15-16H2,1-2H3. The van der Waals surface area contributed by atoms with Gasteiger partial charge in [-0.05, 0) is 66.1 Å². The van der Waals surface area contributed by atoms with Crippen molar-refractivity contribution < 1.29 is 21.8 Å². The Labute approximate surface area is 196 Å². The molecule has 32 heavy (non-hydrogen) atoms. The number of halogens is 2. The van der Waals surface area contributed by atoms with Gasteiger partial charge in [-0.15, -0.1) is 0 Å². The van der Waals surface area contributed by atoms with Gasteiger partial charge < -0.3 is 9.08 Å². The normalized spacial score (nSPS) is 11.4. The van der Waals surface area contributed by atoms with Crippen molar-refractivity contribution in [2.24, 2.45) is 5.92 Å². The van der Waals surface area contributed by atoms with E-state index in [0.717, 1.165) is 34.3 Å². The van der Waals surface area contributed by atoms with Crippen molar-refractivity contribution in [1.29, 1.82) is 0 Å². The maximum atomic E-state index is 13.0. The van der Waals surface area contributed by atoms with Crippen LogP contribution in [0, 0.1) is 11.7 Å². The second kappa shape index (κ2) is 10.3. The molecule has 0 radical (unpaired) electrons. The lowest BCUT2D eigenvalue weighted by atomic mass is 10.1. The highest BCUT2D eigenvalue weighted by molar-refractivity contribution is 9.10. The molecule has 3 aromatic carbocycles. The average molecular weight is 520 g/mol. The summed E-state index contributed by atoms with van der Waals surface area (Å²) >= 11 is 3.40. The van der Waals surface area contributed by atoms with Crippen LogP contribution in [-0.2, 0) is 16.7 Å². The smallest absolute Gasteiger partial charge is 0.339 e. The lowest BCUT2D eigenvalue weighted by Crippen LogP contribution is -2.33. The first-order valence-electron chi connectivity index (χ1n) is 9.98. The Balaban J connectivity index is 1.74. The van der Waals surface area contributed by atoms with E-state index >= 15 is 0 Å². The van der Waals surface area contributed by atoms with Gasteiger partial charge in [-0.2, -0.15) is 8.42 Å². The summed E-state index contributed by atoms with van der Waals surface area (Å²) in [5, 5.41) is 0. The molecule has 0 N–H and O–H groups in total. The Morgan fingerprint density at radius 3 is 2.28 bits per heavy atom. The molecule has 0 aromatic heterocycles. The van der Waals surface area contributed by atoms with Crippen molar-refractivity contribution in [3.8, 4) is 5.75 Å². The van der Waals surface area contributed by atoms with E-state index in [0.29, 0.717) is 18.7 Å². The molecule has 0 aliphatic rings. The lowest BCUT2D eigenvalue weighted by molar-refractivity contribution is 0.0722. The monoisotopic (exact) mass is 519 g/mol. The summed E-state index contributed by atoms with van der Waals surface area (Å²) < 4.78 is 43.8. The second-order valence-corrected chi connectivity index (χ2v) is 10.2. The van der Waals surface area contributed by atoms with Crippen LogP contribution < -0.4 is 4.18 Å². The van der Waals surface area contributed by atoms with Crippen molar-refractivity contribution in [2.45, 2.75) is 25.3 Å². The number of hydrogen-bond donors (Lipinski definition) is 0. The predicted molar refractivity (Wildman–Crippen MR) is 124 cm³/mol. The summed E-state index contributed by atoms with van der Waals surface area (Å²) in [7, 11) is -4.07. The van der Waals surface area contributed by atoms with Gasteiger partial charge in [-0.3, -0.25) is 4.79 Å². The SMILES string of the molecule is CC(C)CN(Cc1ccc(OS(=O)(=O)c2ccc(F)cc2)cc1)C(=O)c1cccc(Br)c1. The van der Waals surface area contributed by atoms with Gasteiger partial charge in [-0.1, -0.05) is 48.0 Å². The zero-order chi connectivity index (χ0) is 23.3. The van der Waals surface area contributed by atoms with E-state index in [1.54, 1.807) is 29.2 Å². The summed E-state index contributed by atoms with van der Waals surface area (Å²) in [4.78, 5) is 14.7. The molecule has 0 aliphatic heterocycles. The molecule has 0 saturated heterocycles. The summed E-state index contributed by atoms with van der Waals surface area (Å²) in [6, 6.07) is 18.2. The van der Waals surface area contributed by atoms with Gasteiger partial charge in [0.05, 0.1) is 0 Å². The third-order valence-corrected chi connectivity index (χ3v) is 6.30. The van der Waals surface area contributed by atoms with E-state index in [2.05, 4.69) is 15.9 Å². The number of carbonyl (C=O) groups is 1. The molecule has 3 aromatic rings. The molecule has 0 atom stereocenters. The van der Waals surface area contributed by atoms with Crippen molar-refractivity contribution >= 4 is 32.0 Å². The topological polar surface area (TPSA) is 63.7 Å². The number of hydrogen-bond acceptors (Lipinski definition) is 4. The molecule has 0 heterocycles. The molecule has 0 spiro atoms. The van der Waals surface area contributed by atoms with Gasteiger partial charge in [0.2, 0.25) is 0 Å². The van der Waals surface area contributed by atoms with Crippen LogP contribution >= 0.6 is 15.9 Å². The highest BCUT2D eigenvalue weighted by atomic mass is 79.9. The van der Waals surface area contributed by atoms with E-state index in [-0.39, 0.29) is 22.5 Å². The molecule has 0 fully saturated rings. The minimum absolute atomic E-state index is 0.0841. The third kappa shape index (κ3) is 6.40. The fourth-order valence-electron chi connectivity index (χ4n) is 3.11. The summed E-state index contributed by atoms with van der Waals surface area (Å²) in [5.74, 6) is -0.211. The van der Waals surface area contributed by atoms with Crippen LogP contribution in [0.1, 0.15) is 29.8 Å². The Kier molecular flexibility index (Phi) is 7.69. The van der Waals surface area contributed by atoms with Gasteiger partial charge in [0.25, 0.3) is 5.91 Å². The van der Waals surface area contributed by atoms with E-state index in [1.165, 1.54) is 12.1 Å². The predicted octanol–water partition coefficient (Wildman–Crippen LogP) is 5.65. The van der Waals surface area contributed by atoms with Gasteiger partial charge in [-0.25, -0.2) is 4.39 Å². The molecule has 8 heteroatoms. The minimum Gasteiger partial charge on any atom is -0.379 e. The molecule has 168 valence electrons. The molecule has 0 unspecified atom stereocenters. The maximum absolute atomic E-state index is 13.0. The lowest BCUT2D eigenvalue weighted by Gasteiger charge is -2.25. The van der Waals surface area contributed by atoms with Crippen molar-refractivity contribution in [2.75, 3.05) is 6.54 Å². The van der Waals surface area contributed by atoms with E-state index in [9.17, 15) is 17.6 Å². The largest absolute Gasteiger partial charge is 0.379 e. The zero-order valence-electron chi connectivity index (χ0n) is 17.7. The Morgan fingerprint density at radius 2 is 1.69 bits per heavy atom. The van der Waals surface area contributed by atoms with Crippen molar-refractivity contribution in [3.05, 3.63) is 94.2 Å². The Hall–Kier alpha value is -2.71.